The number of hydrogen-bond acceptors (Lipinski definition) is 1. The maximum Gasteiger partial charge on any atom is 0.187 e. The van der Waals surface area contributed by atoms with Crippen molar-refractivity contribution in [3.8, 4) is 0 Å². The first-order chi connectivity index (χ1) is 5.72. The van der Waals surface area contributed by atoms with E-state index in [-0.39, 0.29) is 5.84 Å². The maximum atomic E-state index is 7.05. The van der Waals surface area contributed by atoms with Crippen LogP contribution in [-0.4, -0.2) is 5.84 Å². The van der Waals surface area contributed by atoms with Gasteiger partial charge in [-0.15, -0.1) is 0 Å². The lowest BCUT2D eigenvalue weighted by atomic mass is 10.1. The summed E-state index contributed by atoms with van der Waals surface area (Å²) >= 11 is 0. The molecule has 0 spiro atoms. The van der Waals surface area contributed by atoms with Gasteiger partial charge in [0.15, 0.2) is 5.69 Å². The average molecular weight is 159 g/mol. The number of nitrogens with one attached hydrogen (secondary N) is 1. The van der Waals surface area contributed by atoms with Crippen molar-refractivity contribution < 1.29 is 0 Å². The lowest BCUT2D eigenvalue weighted by Crippen LogP contribution is -2.12. The van der Waals surface area contributed by atoms with Gasteiger partial charge in [0.25, 0.3) is 0 Å². The predicted molar refractivity (Wildman–Crippen MR) is 48.3 cm³/mol. The summed E-state index contributed by atoms with van der Waals surface area (Å²) in [7, 11) is 0. The Balaban J connectivity index is 2.80. The lowest BCUT2D eigenvalue weighted by Gasteiger charge is -1.97. The normalized spacial score (nSPS) is 8.92. The van der Waals surface area contributed by atoms with Crippen LogP contribution in [0.1, 0.15) is 5.56 Å². The van der Waals surface area contributed by atoms with Crippen molar-refractivity contribution in [1.82, 2.24) is 0 Å². The minimum Gasteiger partial charge on any atom is -0.387 e. The number of benzene rings is 1. The van der Waals surface area contributed by atoms with Gasteiger partial charge in [-0.05, 0) is 5.56 Å². The fourth-order valence-corrected chi connectivity index (χ4v) is 0.908. The second kappa shape index (κ2) is 3.54. The van der Waals surface area contributed by atoms with Crippen molar-refractivity contribution in [3.63, 3.8) is 0 Å². The summed E-state index contributed by atoms with van der Waals surface area (Å²) in [5.41, 5.74) is 6.80. The van der Waals surface area contributed by atoms with Crippen LogP contribution in [0.3, 0.4) is 0 Å². The number of amidine groups is 1. The molecule has 0 amide bonds. The van der Waals surface area contributed by atoms with Crippen molar-refractivity contribution in [2.24, 2.45) is 5.73 Å². The highest BCUT2D eigenvalue weighted by Gasteiger charge is 1.94. The highest BCUT2D eigenvalue weighted by atomic mass is 14.7. The number of rotatable bonds is 2. The Bertz CT molecular complexity index is 319. The number of nitrogens with zero attached hydrogens (tertiary/aromatic N) is 1. The molecule has 0 aliphatic rings. The SMILES string of the molecule is [C-]#[N+]c1ccc(CC(=N)N)cc1. The van der Waals surface area contributed by atoms with Crippen LogP contribution in [0.4, 0.5) is 5.69 Å². The van der Waals surface area contributed by atoms with Crippen LogP contribution in [-0.2, 0) is 6.42 Å². The molecule has 12 heavy (non-hydrogen) atoms. The molecule has 0 saturated carbocycles. The monoisotopic (exact) mass is 159 g/mol. The molecule has 0 heterocycles. The fourth-order valence-electron chi connectivity index (χ4n) is 0.908. The van der Waals surface area contributed by atoms with Gasteiger partial charge in [-0.1, -0.05) is 24.3 Å². The van der Waals surface area contributed by atoms with E-state index in [1.54, 1.807) is 12.1 Å². The van der Waals surface area contributed by atoms with Crippen molar-refractivity contribution >= 4 is 11.5 Å². The summed E-state index contributed by atoms with van der Waals surface area (Å²) in [5, 5.41) is 7.05. The topological polar surface area (TPSA) is 54.2 Å². The molecule has 1 aromatic rings. The van der Waals surface area contributed by atoms with Crippen molar-refractivity contribution in [3.05, 3.63) is 41.2 Å². The van der Waals surface area contributed by atoms with Crippen LogP contribution < -0.4 is 5.73 Å². The Morgan fingerprint density at radius 2 is 2.00 bits per heavy atom. The summed E-state index contributed by atoms with van der Waals surface area (Å²) in [6, 6.07) is 7.08. The van der Waals surface area contributed by atoms with E-state index < -0.39 is 0 Å². The Labute approximate surface area is 71.2 Å². The first-order valence-corrected chi connectivity index (χ1v) is 3.51. The zero-order valence-electron chi connectivity index (χ0n) is 6.54. The van der Waals surface area contributed by atoms with Gasteiger partial charge in [0.1, 0.15) is 0 Å². The van der Waals surface area contributed by atoms with E-state index in [9.17, 15) is 0 Å². The summed E-state index contributed by atoms with van der Waals surface area (Å²) in [6.07, 6.45) is 0.457. The molecule has 1 aromatic carbocycles. The molecular weight excluding hydrogens is 150 g/mol. The third kappa shape index (κ3) is 2.10. The first-order valence-electron chi connectivity index (χ1n) is 3.51. The van der Waals surface area contributed by atoms with Gasteiger partial charge in [0.05, 0.1) is 12.4 Å². The molecular formula is C9H9N3. The Morgan fingerprint density at radius 3 is 2.42 bits per heavy atom. The molecule has 0 radical (unpaired) electrons. The van der Waals surface area contributed by atoms with Gasteiger partial charge < -0.3 is 5.73 Å². The average Bonchev–Trinajstić information content (AvgIpc) is 2.05. The summed E-state index contributed by atoms with van der Waals surface area (Å²) in [6.45, 7) is 6.71. The molecule has 1 rings (SSSR count). The van der Waals surface area contributed by atoms with E-state index in [2.05, 4.69) is 4.85 Å². The molecule has 0 bridgehead atoms. The zero-order chi connectivity index (χ0) is 8.97. The third-order valence-corrected chi connectivity index (χ3v) is 1.46. The molecule has 0 aliphatic heterocycles. The second-order valence-corrected chi connectivity index (χ2v) is 2.48. The molecule has 0 aliphatic carbocycles. The highest BCUT2D eigenvalue weighted by molar-refractivity contribution is 5.79. The van der Waals surface area contributed by atoms with Gasteiger partial charge in [-0.2, -0.15) is 0 Å². The quantitative estimate of drug-likeness (QED) is 0.385. The predicted octanol–water partition coefficient (Wildman–Crippen LogP) is 1.72. The molecule has 0 atom stereocenters. The van der Waals surface area contributed by atoms with E-state index in [1.807, 2.05) is 12.1 Å². The van der Waals surface area contributed by atoms with Gasteiger partial charge in [0, 0.05) is 6.42 Å². The fraction of sp³-hybridized carbons (Fsp3) is 0.111. The first kappa shape index (κ1) is 8.28. The van der Waals surface area contributed by atoms with Crippen molar-refractivity contribution in [2.45, 2.75) is 6.42 Å². The number of hydrogen-bond donors (Lipinski definition) is 2. The van der Waals surface area contributed by atoms with E-state index in [0.29, 0.717) is 12.1 Å². The smallest absolute Gasteiger partial charge is 0.187 e. The summed E-state index contributed by atoms with van der Waals surface area (Å²) < 4.78 is 0. The second-order valence-electron chi connectivity index (χ2n) is 2.48. The number of nitrogens with two attached hydrogens (primary N) is 1. The summed E-state index contributed by atoms with van der Waals surface area (Å²) in [5.74, 6) is 0.144. The van der Waals surface area contributed by atoms with Crippen molar-refractivity contribution in [2.75, 3.05) is 0 Å². The third-order valence-electron chi connectivity index (χ3n) is 1.46. The van der Waals surface area contributed by atoms with Gasteiger partial charge >= 0.3 is 0 Å². The summed E-state index contributed by atoms with van der Waals surface area (Å²) in [4.78, 5) is 3.26. The van der Waals surface area contributed by atoms with E-state index >= 15 is 0 Å². The molecule has 0 fully saturated rings. The zero-order valence-corrected chi connectivity index (χ0v) is 6.54. The standard InChI is InChI=1S/C9H9N3/c1-12-8-4-2-7(3-5-8)6-9(10)11/h2-5H,6H2,(H3,10,11). The van der Waals surface area contributed by atoms with Gasteiger partial charge in [-0.25, -0.2) is 4.85 Å². The molecule has 0 unspecified atom stereocenters. The minimum absolute atomic E-state index is 0.144. The highest BCUT2D eigenvalue weighted by Crippen LogP contribution is 2.12. The van der Waals surface area contributed by atoms with E-state index in [4.69, 9.17) is 17.7 Å². The van der Waals surface area contributed by atoms with E-state index in [0.717, 1.165) is 5.56 Å². The van der Waals surface area contributed by atoms with Gasteiger partial charge in [-0.3, -0.25) is 5.41 Å². The maximum absolute atomic E-state index is 7.05. The molecule has 0 saturated heterocycles. The lowest BCUT2D eigenvalue weighted by molar-refractivity contribution is 1.25. The molecule has 3 nitrogen and oxygen atoms in total. The van der Waals surface area contributed by atoms with Crippen molar-refractivity contribution in [1.29, 1.82) is 5.41 Å². The van der Waals surface area contributed by atoms with Crippen LogP contribution in [0.5, 0.6) is 0 Å². The largest absolute Gasteiger partial charge is 0.387 e. The van der Waals surface area contributed by atoms with E-state index in [1.165, 1.54) is 0 Å². The Kier molecular flexibility index (Phi) is 2.44. The van der Waals surface area contributed by atoms with Crippen LogP contribution in [0.25, 0.3) is 4.85 Å². The van der Waals surface area contributed by atoms with Gasteiger partial charge in [0.2, 0.25) is 0 Å². The Morgan fingerprint density at radius 1 is 1.42 bits per heavy atom. The van der Waals surface area contributed by atoms with Crippen LogP contribution in [0, 0.1) is 12.0 Å². The Hall–Kier alpha value is -1.82. The van der Waals surface area contributed by atoms with Crippen LogP contribution in [0.2, 0.25) is 0 Å². The molecule has 3 heteroatoms. The van der Waals surface area contributed by atoms with Crippen LogP contribution >= 0.6 is 0 Å². The molecule has 3 N–H and O–H groups in total. The minimum atomic E-state index is 0.144. The molecule has 60 valence electrons. The molecule has 0 aromatic heterocycles. The van der Waals surface area contributed by atoms with Crippen LogP contribution in [0.15, 0.2) is 24.3 Å².